The maximum atomic E-state index is 5.77. The fraction of sp³-hybridized carbons (Fsp3) is 0.217. The van der Waals surface area contributed by atoms with E-state index in [-0.39, 0.29) is 0 Å². The first-order valence-electron chi connectivity index (χ1n) is 9.90. The van der Waals surface area contributed by atoms with Crippen LogP contribution in [0.1, 0.15) is 24.6 Å². The first-order valence-corrected chi connectivity index (χ1v) is 10.7. The summed E-state index contributed by atoms with van der Waals surface area (Å²) in [6.45, 7) is 2.07. The number of hydrogen-bond acceptors (Lipinski definition) is 5. The summed E-state index contributed by atoms with van der Waals surface area (Å²) < 4.78 is 8.18. The van der Waals surface area contributed by atoms with E-state index < -0.39 is 0 Å². The molecule has 1 fully saturated rings. The molecule has 0 aliphatic carbocycles. The summed E-state index contributed by atoms with van der Waals surface area (Å²) in [5, 5.41) is 0. The van der Waals surface area contributed by atoms with Crippen LogP contribution in [0.2, 0.25) is 0 Å². The summed E-state index contributed by atoms with van der Waals surface area (Å²) in [7, 11) is 0. The second-order valence-corrected chi connectivity index (χ2v) is 8.35. The largest absolute Gasteiger partial charge is 0.439 e. The van der Waals surface area contributed by atoms with Crippen LogP contribution in [0.25, 0.3) is 11.0 Å². The summed E-state index contributed by atoms with van der Waals surface area (Å²) in [6.07, 6.45) is 4.10. The second kappa shape index (κ2) is 8.27. The number of pyridine rings is 1. The summed E-state index contributed by atoms with van der Waals surface area (Å²) >= 11 is 1.77. The zero-order valence-corrected chi connectivity index (χ0v) is 16.8. The van der Waals surface area contributed by atoms with Crippen molar-refractivity contribution in [1.29, 1.82) is 0 Å². The van der Waals surface area contributed by atoms with Gasteiger partial charge < -0.3 is 9.72 Å². The predicted octanol–water partition coefficient (Wildman–Crippen LogP) is 5.64. The van der Waals surface area contributed by atoms with Gasteiger partial charge in [-0.15, -0.1) is 0 Å². The van der Waals surface area contributed by atoms with Gasteiger partial charge in [-0.1, -0.05) is 30.3 Å². The third-order valence-corrected chi connectivity index (χ3v) is 6.23. The van der Waals surface area contributed by atoms with E-state index in [0.717, 1.165) is 53.4 Å². The van der Waals surface area contributed by atoms with Crippen LogP contribution in [-0.4, -0.2) is 32.3 Å². The van der Waals surface area contributed by atoms with E-state index in [9.17, 15) is 0 Å². The lowest BCUT2D eigenvalue weighted by Gasteiger charge is -2.29. The first kappa shape index (κ1) is 18.2. The molecule has 0 unspecified atom stereocenters. The lowest BCUT2D eigenvalue weighted by Crippen LogP contribution is -2.27. The van der Waals surface area contributed by atoms with Crippen molar-refractivity contribution in [3.8, 4) is 11.6 Å². The molecule has 29 heavy (non-hydrogen) atoms. The molecule has 0 atom stereocenters. The number of aromatic nitrogens is 3. The third kappa shape index (κ3) is 4.28. The maximum absolute atomic E-state index is 5.77. The van der Waals surface area contributed by atoms with Crippen molar-refractivity contribution in [2.75, 3.05) is 13.1 Å². The van der Waals surface area contributed by atoms with Gasteiger partial charge in [0.1, 0.15) is 11.6 Å². The Balaban J connectivity index is 1.16. The van der Waals surface area contributed by atoms with E-state index >= 15 is 0 Å². The van der Waals surface area contributed by atoms with Gasteiger partial charge in [-0.2, -0.15) is 0 Å². The molecule has 0 amide bonds. The summed E-state index contributed by atoms with van der Waals surface area (Å²) in [5.41, 5.74) is 2.19. The van der Waals surface area contributed by atoms with E-state index in [1.165, 1.54) is 0 Å². The number of benzene rings is 2. The van der Waals surface area contributed by atoms with Gasteiger partial charge in [-0.05, 0) is 55.1 Å². The van der Waals surface area contributed by atoms with Crippen LogP contribution >= 0.6 is 11.9 Å². The van der Waals surface area contributed by atoms with E-state index in [1.807, 2.05) is 54.7 Å². The highest BCUT2D eigenvalue weighted by atomic mass is 32.2. The van der Waals surface area contributed by atoms with Crippen molar-refractivity contribution in [3.63, 3.8) is 0 Å². The average Bonchev–Trinajstić information content (AvgIpc) is 3.21. The molecule has 3 heterocycles. The number of fused-ring (bicyclic) bond motifs is 1. The van der Waals surface area contributed by atoms with Crippen molar-refractivity contribution in [2.24, 2.45) is 0 Å². The Hall–Kier alpha value is -2.83. The standard InChI is InChI=1S/C23H22N4OS/c1-2-6-18(7-3-1)28-22-11-10-19(16-24-22)29-27-14-12-17(13-15-27)23-25-20-8-4-5-9-21(20)26-23/h1-11,16-17H,12-15H2,(H,25,26). The first-order chi connectivity index (χ1) is 14.3. The summed E-state index contributed by atoms with van der Waals surface area (Å²) in [6, 6.07) is 22.0. The fourth-order valence-corrected chi connectivity index (χ4v) is 4.55. The van der Waals surface area contributed by atoms with Gasteiger partial charge in [0.2, 0.25) is 5.88 Å². The number of ether oxygens (including phenoxy) is 1. The van der Waals surface area contributed by atoms with Gasteiger partial charge in [0.15, 0.2) is 0 Å². The minimum Gasteiger partial charge on any atom is -0.439 e. The van der Waals surface area contributed by atoms with Gasteiger partial charge >= 0.3 is 0 Å². The van der Waals surface area contributed by atoms with E-state index in [4.69, 9.17) is 9.72 Å². The molecular formula is C23H22N4OS. The molecule has 0 spiro atoms. The van der Waals surface area contributed by atoms with Gasteiger partial charge in [-0.25, -0.2) is 14.3 Å². The number of imidazole rings is 1. The molecule has 1 aliphatic rings. The molecule has 146 valence electrons. The predicted molar refractivity (Wildman–Crippen MR) is 116 cm³/mol. The summed E-state index contributed by atoms with van der Waals surface area (Å²) in [4.78, 5) is 13.9. The topological polar surface area (TPSA) is 54.0 Å². The molecule has 5 nitrogen and oxygen atoms in total. The van der Waals surface area contributed by atoms with Gasteiger partial charge in [0, 0.05) is 36.2 Å². The van der Waals surface area contributed by atoms with Crippen LogP contribution in [0.5, 0.6) is 11.6 Å². The SMILES string of the molecule is c1ccc(Oc2ccc(SN3CCC(c4nc5ccccc5[nH]4)CC3)cn2)cc1. The van der Waals surface area contributed by atoms with Crippen LogP contribution in [0, 0.1) is 0 Å². The van der Waals surface area contributed by atoms with Crippen LogP contribution in [0.4, 0.5) is 0 Å². The molecule has 0 saturated carbocycles. The number of aromatic amines is 1. The molecule has 0 bridgehead atoms. The van der Waals surface area contributed by atoms with Crippen molar-refractivity contribution in [2.45, 2.75) is 23.7 Å². The highest BCUT2D eigenvalue weighted by Gasteiger charge is 2.23. The molecule has 0 radical (unpaired) electrons. The second-order valence-electron chi connectivity index (χ2n) is 7.18. The number of piperidine rings is 1. The van der Waals surface area contributed by atoms with Crippen LogP contribution in [0.3, 0.4) is 0 Å². The van der Waals surface area contributed by atoms with Crippen LogP contribution in [-0.2, 0) is 0 Å². The Labute approximate surface area is 174 Å². The van der Waals surface area contributed by atoms with Gasteiger partial charge in [0.25, 0.3) is 0 Å². The summed E-state index contributed by atoms with van der Waals surface area (Å²) in [5.74, 6) is 3.04. The van der Waals surface area contributed by atoms with Crippen molar-refractivity contribution in [1.82, 2.24) is 19.3 Å². The Morgan fingerprint density at radius 3 is 2.48 bits per heavy atom. The Bertz CT molecular complexity index is 1040. The quantitative estimate of drug-likeness (QED) is 0.438. The zero-order chi connectivity index (χ0) is 19.5. The maximum Gasteiger partial charge on any atom is 0.219 e. The van der Waals surface area contributed by atoms with Gasteiger partial charge in [0.05, 0.1) is 11.0 Å². The highest BCUT2D eigenvalue weighted by molar-refractivity contribution is 7.97. The molecular weight excluding hydrogens is 380 g/mol. The molecule has 5 rings (SSSR count). The lowest BCUT2D eigenvalue weighted by atomic mass is 9.97. The Morgan fingerprint density at radius 1 is 0.931 bits per heavy atom. The molecule has 2 aromatic heterocycles. The van der Waals surface area contributed by atoms with Crippen molar-refractivity contribution < 1.29 is 4.74 Å². The normalized spacial score (nSPS) is 15.6. The molecule has 1 saturated heterocycles. The minimum absolute atomic E-state index is 0.499. The number of nitrogens with zero attached hydrogens (tertiary/aromatic N) is 3. The number of para-hydroxylation sites is 3. The Morgan fingerprint density at radius 2 is 1.72 bits per heavy atom. The third-order valence-electron chi connectivity index (χ3n) is 5.16. The van der Waals surface area contributed by atoms with Crippen molar-refractivity contribution in [3.05, 3.63) is 78.8 Å². The number of H-pyrrole nitrogens is 1. The minimum atomic E-state index is 0.499. The zero-order valence-electron chi connectivity index (χ0n) is 16.0. The monoisotopic (exact) mass is 402 g/mol. The molecule has 2 aromatic carbocycles. The molecule has 4 aromatic rings. The lowest BCUT2D eigenvalue weighted by molar-refractivity contribution is 0.339. The number of rotatable bonds is 5. The Kier molecular flexibility index (Phi) is 5.19. The molecule has 6 heteroatoms. The smallest absolute Gasteiger partial charge is 0.219 e. The van der Waals surface area contributed by atoms with E-state index in [2.05, 4.69) is 32.5 Å². The van der Waals surface area contributed by atoms with Gasteiger partial charge in [-0.3, -0.25) is 0 Å². The molecule has 1 N–H and O–H groups in total. The fourth-order valence-electron chi connectivity index (χ4n) is 3.63. The number of hydrogen-bond donors (Lipinski definition) is 1. The highest BCUT2D eigenvalue weighted by Crippen LogP contribution is 2.33. The van der Waals surface area contributed by atoms with E-state index in [1.54, 1.807) is 11.9 Å². The van der Waals surface area contributed by atoms with Crippen LogP contribution < -0.4 is 4.74 Å². The molecule has 1 aliphatic heterocycles. The van der Waals surface area contributed by atoms with Crippen LogP contribution in [0.15, 0.2) is 77.8 Å². The average molecular weight is 403 g/mol. The van der Waals surface area contributed by atoms with E-state index in [0.29, 0.717) is 11.8 Å². The number of nitrogens with one attached hydrogen (secondary N) is 1. The van der Waals surface area contributed by atoms with Crippen molar-refractivity contribution >= 4 is 23.0 Å².